The monoisotopic (exact) mass is 262 g/mol. The molecule has 2 N–H and O–H groups in total. The summed E-state index contributed by atoms with van der Waals surface area (Å²) in [7, 11) is 1.42. The Morgan fingerprint density at radius 3 is 2.76 bits per heavy atom. The third-order valence-electron chi connectivity index (χ3n) is 2.52. The van der Waals surface area contributed by atoms with Crippen molar-refractivity contribution in [2.75, 3.05) is 26.8 Å². The maximum atomic E-state index is 11.1. The zero-order valence-electron chi connectivity index (χ0n) is 10.1. The number of aliphatic carboxylic acids is 1. The Kier molecular flexibility index (Phi) is 5.10. The molecule has 7 heteroatoms. The van der Waals surface area contributed by atoms with E-state index < -0.39 is 11.6 Å². The zero-order valence-corrected chi connectivity index (χ0v) is 10.9. The molecule has 1 aliphatic heterocycles. The first-order chi connectivity index (χ1) is 7.99. The maximum Gasteiger partial charge on any atom is 0.350 e. The number of thiocarbonyl (C=S) groups is 1. The molecule has 17 heavy (non-hydrogen) atoms. The van der Waals surface area contributed by atoms with Crippen LogP contribution in [0, 0.1) is 0 Å². The molecule has 1 heterocycles. The molecule has 0 aromatic carbocycles. The van der Waals surface area contributed by atoms with Crippen molar-refractivity contribution in [2.45, 2.75) is 25.4 Å². The van der Waals surface area contributed by atoms with Crippen molar-refractivity contribution in [3.63, 3.8) is 0 Å². The van der Waals surface area contributed by atoms with E-state index in [1.54, 1.807) is 5.01 Å². The Morgan fingerprint density at radius 1 is 1.59 bits per heavy atom. The van der Waals surface area contributed by atoms with Crippen molar-refractivity contribution in [1.29, 1.82) is 0 Å². The number of ether oxygens (including phenoxy) is 2. The van der Waals surface area contributed by atoms with Crippen LogP contribution in [0.15, 0.2) is 0 Å². The number of hydrogen-bond acceptors (Lipinski definition) is 5. The van der Waals surface area contributed by atoms with Crippen molar-refractivity contribution >= 4 is 23.4 Å². The van der Waals surface area contributed by atoms with Gasteiger partial charge in [0.15, 0.2) is 0 Å². The number of rotatable bonds is 4. The van der Waals surface area contributed by atoms with Crippen LogP contribution in [-0.2, 0) is 14.3 Å². The Hall–Kier alpha value is -0.920. The first kappa shape index (κ1) is 14.1. The van der Waals surface area contributed by atoms with Crippen LogP contribution in [0.4, 0.5) is 0 Å². The molecule has 1 rings (SSSR count). The lowest BCUT2D eigenvalue weighted by molar-refractivity contribution is -0.160. The van der Waals surface area contributed by atoms with E-state index in [-0.39, 0.29) is 11.8 Å². The highest BCUT2D eigenvalue weighted by Gasteiger charge is 2.38. The smallest absolute Gasteiger partial charge is 0.350 e. The SMILES string of the molecule is COCC(C)(OC(=S)N1CCCCN1)C(=O)O. The number of nitrogens with zero attached hydrogens (tertiary/aromatic N) is 1. The van der Waals surface area contributed by atoms with Gasteiger partial charge in [0.1, 0.15) is 0 Å². The van der Waals surface area contributed by atoms with Gasteiger partial charge in [-0.2, -0.15) is 0 Å². The lowest BCUT2D eigenvalue weighted by atomic mass is 10.1. The summed E-state index contributed by atoms with van der Waals surface area (Å²) in [5.41, 5.74) is 1.60. The average molecular weight is 262 g/mol. The van der Waals surface area contributed by atoms with E-state index in [1.807, 2.05) is 0 Å². The zero-order chi connectivity index (χ0) is 12.9. The first-order valence-corrected chi connectivity index (χ1v) is 5.87. The summed E-state index contributed by atoms with van der Waals surface area (Å²) in [5.74, 6) is -1.10. The summed E-state index contributed by atoms with van der Waals surface area (Å²) >= 11 is 5.08. The van der Waals surface area contributed by atoms with Crippen LogP contribution in [0.25, 0.3) is 0 Å². The van der Waals surface area contributed by atoms with E-state index >= 15 is 0 Å². The minimum Gasteiger partial charge on any atom is -0.478 e. The second-order valence-corrected chi connectivity index (χ2v) is 4.45. The molecule has 1 fully saturated rings. The molecule has 0 radical (unpaired) electrons. The van der Waals surface area contributed by atoms with Crippen molar-refractivity contribution in [3.8, 4) is 0 Å². The number of methoxy groups -OCH3 is 1. The first-order valence-electron chi connectivity index (χ1n) is 5.46. The molecule has 6 nitrogen and oxygen atoms in total. The highest BCUT2D eigenvalue weighted by Crippen LogP contribution is 2.14. The van der Waals surface area contributed by atoms with Crippen LogP contribution < -0.4 is 5.43 Å². The van der Waals surface area contributed by atoms with E-state index in [0.29, 0.717) is 0 Å². The van der Waals surface area contributed by atoms with Crippen LogP contribution in [0.1, 0.15) is 19.8 Å². The fourth-order valence-electron chi connectivity index (χ4n) is 1.50. The minimum atomic E-state index is -1.45. The summed E-state index contributed by atoms with van der Waals surface area (Å²) in [6, 6.07) is 0. The third kappa shape index (κ3) is 3.79. The van der Waals surface area contributed by atoms with Gasteiger partial charge in [-0.3, -0.25) is 5.01 Å². The van der Waals surface area contributed by atoms with Crippen molar-refractivity contribution in [3.05, 3.63) is 0 Å². The minimum absolute atomic E-state index is 0.0592. The van der Waals surface area contributed by atoms with Crippen LogP contribution in [0.3, 0.4) is 0 Å². The van der Waals surface area contributed by atoms with Crippen molar-refractivity contribution < 1.29 is 19.4 Å². The van der Waals surface area contributed by atoms with Crippen molar-refractivity contribution in [1.82, 2.24) is 10.4 Å². The van der Waals surface area contributed by atoms with Gasteiger partial charge in [0.05, 0.1) is 6.61 Å². The topological polar surface area (TPSA) is 71.0 Å². The number of carbonyl (C=O) groups is 1. The number of carboxylic acid groups (broad SMARTS) is 1. The van der Waals surface area contributed by atoms with E-state index in [4.69, 9.17) is 26.8 Å². The predicted octanol–water partition coefficient (Wildman–Crippen LogP) is 0.378. The van der Waals surface area contributed by atoms with Crippen LogP contribution in [0.2, 0.25) is 0 Å². The van der Waals surface area contributed by atoms with Gasteiger partial charge in [-0.05, 0) is 32.0 Å². The van der Waals surface area contributed by atoms with Gasteiger partial charge in [0, 0.05) is 20.2 Å². The molecule has 0 saturated carbocycles. The Balaban J connectivity index is 2.60. The molecule has 0 amide bonds. The molecular formula is C10H18N2O4S. The summed E-state index contributed by atoms with van der Waals surface area (Å²) in [6.07, 6.45) is 2.08. The summed E-state index contributed by atoms with van der Waals surface area (Å²) in [4.78, 5) is 11.1. The van der Waals surface area contributed by atoms with Crippen LogP contribution in [0.5, 0.6) is 0 Å². The second kappa shape index (κ2) is 6.13. The van der Waals surface area contributed by atoms with Gasteiger partial charge < -0.3 is 14.6 Å². The van der Waals surface area contributed by atoms with E-state index in [9.17, 15) is 4.79 Å². The molecular weight excluding hydrogens is 244 g/mol. The van der Waals surface area contributed by atoms with E-state index in [1.165, 1.54) is 14.0 Å². The number of carboxylic acids is 1. The highest BCUT2D eigenvalue weighted by molar-refractivity contribution is 7.80. The molecule has 1 saturated heterocycles. The number of nitrogens with one attached hydrogen (secondary N) is 1. The van der Waals surface area contributed by atoms with Gasteiger partial charge in [-0.15, -0.1) is 0 Å². The number of hydrazine groups is 1. The molecule has 0 spiro atoms. The van der Waals surface area contributed by atoms with Crippen LogP contribution in [-0.4, -0.2) is 53.7 Å². The Morgan fingerprint density at radius 2 is 2.29 bits per heavy atom. The van der Waals surface area contributed by atoms with Gasteiger partial charge in [-0.25, -0.2) is 10.2 Å². The standard InChI is InChI=1S/C10H18N2O4S/c1-10(7-15-2,8(13)14)16-9(17)12-6-4-3-5-11-12/h11H,3-7H2,1-2H3,(H,13,14). The largest absolute Gasteiger partial charge is 0.478 e. The normalized spacial score (nSPS) is 19.5. The molecule has 98 valence electrons. The lowest BCUT2D eigenvalue weighted by Crippen LogP contribution is -2.52. The summed E-state index contributed by atoms with van der Waals surface area (Å²) in [5, 5.41) is 10.9. The fourth-order valence-corrected chi connectivity index (χ4v) is 1.84. The second-order valence-electron chi connectivity index (χ2n) is 4.10. The summed E-state index contributed by atoms with van der Waals surface area (Å²) < 4.78 is 10.2. The molecule has 1 aliphatic rings. The average Bonchev–Trinajstić information content (AvgIpc) is 2.30. The third-order valence-corrected chi connectivity index (χ3v) is 2.82. The fraction of sp³-hybridized carbons (Fsp3) is 0.800. The molecule has 0 aromatic rings. The van der Waals surface area contributed by atoms with Crippen molar-refractivity contribution in [2.24, 2.45) is 0 Å². The molecule has 0 bridgehead atoms. The highest BCUT2D eigenvalue weighted by atomic mass is 32.1. The Labute approximate surface area is 106 Å². The van der Waals surface area contributed by atoms with Gasteiger partial charge in [-0.1, -0.05) is 0 Å². The van der Waals surface area contributed by atoms with Gasteiger partial charge >= 0.3 is 5.97 Å². The van der Waals surface area contributed by atoms with Crippen LogP contribution >= 0.6 is 12.2 Å². The number of hydrogen-bond donors (Lipinski definition) is 2. The maximum absolute atomic E-state index is 11.1. The van der Waals surface area contributed by atoms with E-state index in [0.717, 1.165) is 25.9 Å². The summed E-state index contributed by atoms with van der Waals surface area (Å²) in [6.45, 7) is 2.92. The van der Waals surface area contributed by atoms with Gasteiger partial charge in [0.25, 0.3) is 5.17 Å². The molecule has 1 unspecified atom stereocenters. The molecule has 0 aliphatic carbocycles. The Bertz CT molecular complexity index is 294. The molecule has 0 aromatic heterocycles. The van der Waals surface area contributed by atoms with Gasteiger partial charge in [0.2, 0.25) is 5.60 Å². The molecule has 1 atom stereocenters. The lowest BCUT2D eigenvalue weighted by Gasteiger charge is -2.33. The predicted molar refractivity (Wildman–Crippen MR) is 65.5 cm³/mol. The quantitative estimate of drug-likeness (QED) is 0.710. The van der Waals surface area contributed by atoms with E-state index in [2.05, 4.69) is 5.43 Å².